The summed E-state index contributed by atoms with van der Waals surface area (Å²) >= 11 is 0. The maximum atomic E-state index is 12.3. The van der Waals surface area contributed by atoms with Gasteiger partial charge < -0.3 is 14.8 Å². The average Bonchev–Trinajstić information content (AvgIpc) is 3.02. The van der Waals surface area contributed by atoms with Gasteiger partial charge in [-0.2, -0.15) is 0 Å². The quantitative estimate of drug-likeness (QED) is 0.925. The molecule has 1 saturated carbocycles. The summed E-state index contributed by atoms with van der Waals surface area (Å²) in [5.74, 6) is 2.72. The Morgan fingerprint density at radius 1 is 1.24 bits per heavy atom. The van der Waals surface area contributed by atoms with Crippen molar-refractivity contribution in [2.45, 2.75) is 45.6 Å². The first kappa shape index (κ1) is 14.2. The van der Waals surface area contributed by atoms with E-state index in [-0.39, 0.29) is 18.6 Å². The van der Waals surface area contributed by atoms with Gasteiger partial charge in [-0.15, -0.1) is 0 Å². The van der Waals surface area contributed by atoms with Crippen LogP contribution in [0.1, 0.15) is 44.6 Å². The monoisotopic (exact) mass is 289 g/mol. The molecule has 1 N–H and O–H groups in total. The molecule has 0 bridgehead atoms. The van der Waals surface area contributed by atoms with Crippen LogP contribution in [0.2, 0.25) is 0 Å². The first-order valence-corrected chi connectivity index (χ1v) is 7.93. The fraction of sp³-hybridized carbons (Fsp3) is 0.588. The van der Waals surface area contributed by atoms with Gasteiger partial charge >= 0.3 is 0 Å². The maximum Gasteiger partial charge on any atom is 0.231 e. The Morgan fingerprint density at radius 3 is 2.81 bits per heavy atom. The lowest BCUT2D eigenvalue weighted by atomic mass is 9.80. The van der Waals surface area contributed by atoms with Crippen LogP contribution in [0.25, 0.3) is 0 Å². The van der Waals surface area contributed by atoms with Gasteiger partial charge in [0.1, 0.15) is 0 Å². The molecule has 0 aromatic heterocycles. The molecule has 1 amide bonds. The zero-order chi connectivity index (χ0) is 14.7. The molecule has 2 aliphatic rings. The molecule has 4 nitrogen and oxygen atoms in total. The molecule has 0 unspecified atom stereocenters. The average molecular weight is 289 g/mol. The third-order valence-electron chi connectivity index (χ3n) is 4.73. The third-order valence-corrected chi connectivity index (χ3v) is 4.73. The Hall–Kier alpha value is -1.71. The number of carbonyl (C=O) groups is 1. The molecule has 21 heavy (non-hydrogen) atoms. The third kappa shape index (κ3) is 3.14. The Bertz CT molecular complexity index is 507. The van der Waals surface area contributed by atoms with Gasteiger partial charge in [0, 0.05) is 18.0 Å². The van der Waals surface area contributed by atoms with Crippen LogP contribution in [0.5, 0.6) is 11.5 Å². The minimum atomic E-state index is 0.182. The summed E-state index contributed by atoms with van der Waals surface area (Å²) in [6.45, 7) is 3.02. The van der Waals surface area contributed by atoms with Crippen molar-refractivity contribution in [2.75, 3.05) is 6.79 Å². The summed E-state index contributed by atoms with van der Waals surface area (Å²) in [5.41, 5.74) is 0.987. The van der Waals surface area contributed by atoms with Crippen molar-refractivity contribution < 1.29 is 14.3 Å². The number of carbonyl (C=O) groups excluding carboxylic acids is 1. The van der Waals surface area contributed by atoms with Gasteiger partial charge in [-0.1, -0.05) is 25.5 Å². The largest absolute Gasteiger partial charge is 0.454 e. The lowest BCUT2D eigenvalue weighted by Crippen LogP contribution is -2.32. The van der Waals surface area contributed by atoms with Crippen molar-refractivity contribution >= 4 is 5.91 Å². The smallest absolute Gasteiger partial charge is 0.231 e. The highest BCUT2D eigenvalue weighted by molar-refractivity contribution is 5.78. The van der Waals surface area contributed by atoms with Crippen LogP contribution in [0.3, 0.4) is 0 Å². The summed E-state index contributed by atoms with van der Waals surface area (Å²) < 4.78 is 10.8. The van der Waals surface area contributed by atoms with Gasteiger partial charge in [-0.05, 0) is 37.7 Å². The predicted molar refractivity (Wildman–Crippen MR) is 80.2 cm³/mol. The topological polar surface area (TPSA) is 47.6 Å². The Balaban J connectivity index is 1.54. The summed E-state index contributed by atoms with van der Waals surface area (Å²) in [6.07, 6.45) is 5.66. The zero-order valence-electron chi connectivity index (χ0n) is 12.6. The van der Waals surface area contributed by atoms with Crippen LogP contribution in [-0.2, 0) is 11.3 Å². The first-order chi connectivity index (χ1) is 10.3. The van der Waals surface area contributed by atoms with E-state index in [1.165, 1.54) is 19.3 Å². The Morgan fingerprint density at radius 2 is 2.05 bits per heavy atom. The standard InChI is InChI=1S/C17H23NO3/c1-2-12-6-8-13(9-7-12)17(19)18-10-14-4-3-5-15-16(14)21-11-20-15/h3-5,12-13H,2,6-11H2,1H3,(H,18,19). The van der Waals surface area contributed by atoms with E-state index in [1.807, 2.05) is 18.2 Å². The van der Waals surface area contributed by atoms with E-state index in [0.717, 1.165) is 35.8 Å². The normalized spacial score (nSPS) is 23.9. The number of nitrogens with one attached hydrogen (secondary N) is 1. The molecule has 0 saturated heterocycles. The van der Waals surface area contributed by atoms with Gasteiger partial charge in [-0.3, -0.25) is 4.79 Å². The zero-order valence-corrected chi connectivity index (χ0v) is 12.6. The highest BCUT2D eigenvalue weighted by Gasteiger charge is 2.25. The van der Waals surface area contributed by atoms with E-state index in [1.54, 1.807) is 0 Å². The molecule has 1 aromatic carbocycles. The molecule has 1 aliphatic carbocycles. The van der Waals surface area contributed by atoms with E-state index < -0.39 is 0 Å². The Labute approximate surface area is 125 Å². The molecule has 4 heteroatoms. The lowest BCUT2D eigenvalue weighted by molar-refractivity contribution is -0.126. The number of fused-ring (bicyclic) bond motifs is 1. The lowest BCUT2D eigenvalue weighted by Gasteiger charge is -2.26. The van der Waals surface area contributed by atoms with Gasteiger partial charge in [0.05, 0.1) is 0 Å². The van der Waals surface area contributed by atoms with Crippen molar-refractivity contribution in [3.8, 4) is 11.5 Å². The van der Waals surface area contributed by atoms with Crippen LogP contribution in [0.4, 0.5) is 0 Å². The predicted octanol–water partition coefficient (Wildman–Crippen LogP) is 3.25. The molecular formula is C17H23NO3. The van der Waals surface area contributed by atoms with Crippen molar-refractivity contribution in [1.82, 2.24) is 5.32 Å². The summed E-state index contributed by atoms with van der Waals surface area (Å²) in [6, 6.07) is 5.79. The molecule has 3 rings (SSSR count). The van der Waals surface area contributed by atoms with Crippen LogP contribution in [0.15, 0.2) is 18.2 Å². The molecule has 1 fully saturated rings. The van der Waals surface area contributed by atoms with E-state index in [4.69, 9.17) is 9.47 Å². The molecule has 1 aliphatic heterocycles. The first-order valence-electron chi connectivity index (χ1n) is 7.93. The van der Waals surface area contributed by atoms with Crippen LogP contribution in [0, 0.1) is 11.8 Å². The SMILES string of the molecule is CCC1CCC(C(=O)NCc2cccc3c2OCO3)CC1. The highest BCUT2D eigenvalue weighted by atomic mass is 16.7. The second kappa shape index (κ2) is 6.37. The number of rotatable bonds is 4. The molecule has 1 heterocycles. The molecular weight excluding hydrogens is 266 g/mol. The number of amides is 1. The summed E-state index contributed by atoms with van der Waals surface area (Å²) in [5, 5.41) is 3.06. The van der Waals surface area contributed by atoms with E-state index in [0.29, 0.717) is 6.54 Å². The van der Waals surface area contributed by atoms with E-state index >= 15 is 0 Å². The highest BCUT2D eigenvalue weighted by Crippen LogP contribution is 2.35. The van der Waals surface area contributed by atoms with Crippen LogP contribution >= 0.6 is 0 Å². The van der Waals surface area contributed by atoms with Crippen molar-refractivity contribution in [3.63, 3.8) is 0 Å². The fourth-order valence-electron chi connectivity index (χ4n) is 3.29. The molecule has 1 aromatic rings. The van der Waals surface area contributed by atoms with Crippen molar-refractivity contribution in [1.29, 1.82) is 0 Å². The van der Waals surface area contributed by atoms with Crippen LogP contribution in [-0.4, -0.2) is 12.7 Å². The van der Waals surface area contributed by atoms with E-state index in [2.05, 4.69) is 12.2 Å². The van der Waals surface area contributed by atoms with Crippen LogP contribution < -0.4 is 14.8 Å². The number of ether oxygens (including phenoxy) is 2. The number of hydrogen-bond acceptors (Lipinski definition) is 3. The number of benzene rings is 1. The summed E-state index contributed by atoms with van der Waals surface area (Å²) in [4.78, 5) is 12.3. The van der Waals surface area contributed by atoms with Crippen molar-refractivity contribution in [2.24, 2.45) is 11.8 Å². The molecule has 0 spiro atoms. The fourth-order valence-corrected chi connectivity index (χ4v) is 3.29. The molecule has 0 atom stereocenters. The van der Waals surface area contributed by atoms with E-state index in [9.17, 15) is 4.79 Å². The molecule has 0 radical (unpaired) electrons. The maximum absolute atomic E-state index is 12.3. The van der Waals surface area contributed by atoms with Gasteiger partial charge in [-0.25, -0.2) is 0 Å². The minimum Gasteiger partial charge on any atom is -0.454 e. The second-order valence-corrected chi connectivity index (χ2v) is 5.99. The van der Waals surface area contributed by atoms with Crippen molar-refractivity contribution in [3.05, 3.63) is 23.8 Å². The summed E-state index contributed by atoms with van der Waals surface area (Å²) in [7, 11) is 0. The minimum absolute atomic E-state index is 0.182. The second-order valence-electron chi connectivity index (χ2n) is 5.99. The number of para-hydroxylation sites is 1. The van der Waals surface area contributed by atoms with Gasteiger partial charge in [0.25, 0.3) is 0 Å². The number of hydrogen-bond donors (Lipinski definition) is 1. The Kier molecular flexibility index (Phi) is 4.32. The van der Waals surface area contributed by atoms with Gasteiger partial charge in [0.2, 0.25) is 12.7 Å². The van der Waals surface area contributed by atoms with Gasteiger partial charge in [0.15, 0.2) is 11.5 Å². The molecule has 114 valence electrons.